The number of carboxylic acids is 2. The van der Waals surface area contributed by atoms with Gasteiger partial charge in [0.25, 0.3) is 0 Å². The SMILES string of the molecule is CCN1CCN(CC(=O)O)CCN(CC(=O)O)CCN(C(C)C)CC1.[Gd]. The first-order valence-electron chi connectivity index (χ1n) is 9.16. The van der Waals surface area contributed by atoms with E-state index in [4.69, 9.17) is 10.2 Å². The quantitative estimate of drug-likeness (QED) is 0.503. The van der Waals surface area contributed by atoms with Crippen LogP contribution in [-0.4, -0.2) is 120 Å². The molecule has 2 N–H and O–H groups in total. The van der Waals surface area contributed by atoms with E-state index in [1.165, 1.54) is 0 Å². The number of carboxylic acid groups (broad SMARTS) is 2. The maximum absolute atomic E-state index is 11.1. The van der Waals surface area contributed by atoms with Gasteiger partial charge >= 0.3 is 11.9 Å². The summed E-state index contributed by atoms with van der Waals surface area (Å²) in [5.41, 5.74) is 0. The molecule has 26 heavy (non-hydrogen) atoms. The van der Waals surface area contributed by atoms with Gasteiger partial charge in [-0.2, -0.15) is 0 Å². The average molecular weight is 516 g/mol. The Morgan fingerprint density at radius 1 is 0.769 bits per heavy atom. The molecule has 0 spiro atoms. The van der Waals surface area contributed by atoms with Crippen molar-refractivity contribution in [3.63, 3.8) is 0 Å². The number of likely N-dealkylation sites (N-methyl/N-ethyl adjacent to an activating group) is 1. The van der Waals surface area contributed by atoms with Crippen LogP contribution in [0.15, 0.2) is 0 Å². The van der Waals surface area contributed by atoms with Crippen LogP contribution in [0.25, 0.3) is 0 Å². The van der Waals surface area contributed by atoms with Crippen molar-refractivity contribution >= 4 is 11.9 Å². The summed E-state index contributed by atoms with van der Waals surface area (Å²) < 4.78 is 0. The van der Waals surface area contributed by atoms with Crippen LogP contribution in [0.1, 0.15) is 20.8 Å². The largest absolute Gasteiger partial charge is 0.480 e. The van der Waals surface area contributed by atoms with Crippen LogP contribution in [0.5, 0.6) is 0 Å². The predicted molar refractivity (Wildman–Crippen MR) is 97.0 cm³/mol. The zero-order valence-electron chi connectivity index (χ0n) is 16.2. The average Bonchev–Trinajstić information content (AvgIpc) is 2.51. The molecule has 1 aliphatic heterocycles. The maximum Gasteiger partial charge on any atom is 0.317 e. The third kappa shape index (κ3) is 11.1. The third-order valence-corrected chi connectivity index (χ3v) is 4.77. The van der Waals surface area contributed by atoms with Gasteiger partial charge in [0.05, 0.1) is 13.1 Å². The number of rotatable bonds is 6. The second-order valence-corrected chi connectivity index (χ2v) is 6.90. The van der Waals surface area contributed by atoms with E-state index in [0.29, 0.717) is 32.2 Å². The Hall–Kier alpha value is 0.105. The molecule has 1 heterocycles. The molecule has 0 aromatic rings. The van der Waals surface area contributed by atoms with Crippen LogP contribution in [-0.2, 0) is 9.59 Å². The standard InChI is InChI=1S/C17H34N4O4.Gd/c1-4-18-5-6-19(13-16(22)23)7-8-20(14-17(24)25)10-12-21(11-9-18)15(2)3;/h15H,4-14H2,1-3H3,(H,22,23)(H,24,25);. The molecule has 0 saturated carbocycles. The Morgan fingerprint density at radius 2 is 1.12 bits per heavy atom. The number of hydrogen-bond donors (Lipinski definition) is 2. The molecule has 0 amide bonds. The molecule has 1 saturated heterocycles. The zero-order valence-corrected chi connectivity index (χ0v) is 18.5. The second-order valence-electron chi connectivity index (χ2n) is 6.90. The van der Waals surface area contributed by atoms with Gasteiger partial charge in [-0.25, -0.2) is 0 Å². The molecule has 1 aliphatic rings. The molecule has 1 fully saturated rings. The molecule has 0 aromatic carbocycles. The summed E-state index contributed by atoms with van der Waals surface area (Å²) in [6.45, 7) is 13.4. The van der Waals surface area contributed by atoms with Gasteiger partial charge in [0.1, 0.15) is 0 Å². The summed E-state index contributed by atoms with van der Waals surface area (Å²) in [6.07, 6.45) is 0. The van der Waals surface area contributed by atoms with Crippen LogP contribution in [0.3, 0.4) is 0 Å². The summed E-state index contributed by atoms with van der Waals surface area (Å²) in [5.74, 6) is -1.68. The Labute approximate surface area is 189 Å². The molecule has 0 aliphatic carbocycles. The van der Waals surface area contributed by atoms with Crippen molar-refractivity contribution < 1.29 is 59.7 Å². The van der Waals surface area contributed by atoms with Gasteiger partial charge in [-0.15, -0.1) is 0 Å². The Kier molecular flexibility index (Phi) is 14.2. The van der Waals surface area contributed by atoms with E-state index in [2.05, 4.69) is 30.6 Å². The number of hydrogen-bond acceptors (Lipinski definition) is 6. The van der Waals surface area contributed by atoms with E-state index in [0.717, 1.165) is 32.7 Å². The van der Waals surface area contributed by atoms with Crippen molar-refractivity contribution in [1.82, 2.24) is 19.6 Å². The molecule has 0 radical (unpaired) electrons. The van der Waals surface area contributed by atoms with Crippen molar-refractivity contribution in [2.75, 3.05) is 72.0 Å². The van der Waals surface area contributed by atoms with Gasteiger partial charge < -0.3 is 15.1 Å². The van der Waals surface area contributed by atoms with Crippen molar-refractivity contribution in [1.29, 1.82) is 0 Å². The summed E-state index contributed by atoms with van der Waals surface area (Å²) in [5, 5.41) is 18.3. The first-order valence-corrected chi connectivity index (χ1v) is 9.16. The third-order valence-electron chi connectivity index (χ3n) is 4.77. The van der Waals surface area contributed by atoms with Gasteiger partial charge in [0.2, 0.25) is 0 Å². The number of carbonyl (C=O) groups is 2. The van der Waals surface area contributed by atoms with Gasteiger partial charge in [0.15, 0.2) is 0 Å². The predicted octanol–water partition coefficient (Wildman–Crippen LogP) is -0.194. The molecule has 154 valence electrons. The minimum Gasteiger partial charge on any atom is -0.480 e. The Morgan fingerprint density at radius 3 is 1.46 bits per heavy atom. The van der Waals surface area contributed by atoms with Gasteiger partial charge in [-0.3, -0.25) is 24.3 Å². The van der Waals surface area contributed by atoms with E-state index in [9.17, 15) is 9.59 Å². The second kappa shape index (κ2) is 14.2. The Balaban J connectivity index is 0.00000625. The minimum atomic E-state index is -0.842. The summed E-state index contributed by atoms with van der Waals surface area (Å²) in [7, 11) is 0. The molecule has 0 aromatic heterocycles. The fourth-order valence-electron chi connectivity index (χ4n) is 3.08. The first kappa shape index (κ1) is 26.1. The van der Waals surface area contributed by atoms with Gasteiger partial charge in [0, 0.05) is 98.3 Å². The van der Waals surface area contributed by atoms with Crippen LogP contribution >= 0.6 is 0 Å². The normalized spacial score (nSPS) is 20.2. The van der Waals surface area contributed by atoms with Crippen molar-refractivity contribution in [2.24, 2.45) is 0 Å². The van der Waals surface area contributed by atoms with Crippen LogP contribution in [0.2, 0.25) is 0 Å². The van der Waals surface area contributed by atoms with Gasteiger partial charge in [-0.1, -0.05) is 6.92 Å². The summed E-state index contributed by atoms with van der Waals surface area (Å²) >= 11 is 0. The molecule has 0 bridgehead atoms. The molecule has 9 heteroatoms. The van der Waals surface area contributed by atoms with Crippen LogP contribution in [0, 0.1) is 39.9 Å². The molecule has 0 atom stereocenters. The summed E-state index contributed by atoms with van der Waals surface area (Å²) in [6, 6.07) is 0.414. The molecular formula is C17H34GdN4O4. The summed E-state index contributed by atoms with van der Waals surface area (Å²) in [4.78, 5) is 30.8. The van der Waals surface area contributed by atoms with Crippen molar-refractivity contribution in [2.45, 2.75) is 26.8 Å². The van der Waals surface area contributed by atoms with Crippen molar-refractivity contribution in [3.05, 3.63) is 0 Å². The molecule has 8 nitrogen and oxygen atoms in total. The fourth-order valence-corrected chi connectivity index (χ4v) is 3.08. The molecule has 0 unspecified atom stereocenters. The molecule has 1 rings (SSSR count). The topological polar surface area (TPSA) is 87.6 Å². The van der Waals surface area contributed by atoms with Crippen LogP contribution < -0.4 is 0 Å². The van der Waals surface area contributed by atoms with Crippen molar-refractivity contribution in [3.8, 4) is 0 Å². The van der Waals surface area contributed by atoms with E-state index < -0.39 is 11.9 Å². The number of aliphatic carboxylic acids is 2. The molecular weight excluding hydrogens is 481 g/mol. The smallest absolute Gasteiger partial charge is 0.317 e. The monoisotopic (exact) mass is 516 g/mol. The van der Waals surface area contributed by atoms with Gasteiger partial charge in [-0.05, 0) is 20.4 Å². The Bertz CT molecular complexity index is 426. The first-order chi connectivity index (χ1) is 11.8. The van der Waals surface area contributed by atoms with E-state index in [1.54, 1.807) is 0 Å². The zero-order chi connectivity index (χ0) is 18.8. The maximum atomic E-state index is 11.1. The fraction of sp³-hybridized carbons (Fsp3) is 0.882. The number of nitrogens with zero attached hydrogens (tertiary/aromatic N) is 4. The van der Waals surface area contributed by atoms with Crippen LogP contribution in [0.4, 0.5) is 0 Å². The van der Waals surface area contributed by atoms with E-state index >= 15 is 0 Å². The van der Waals surface area contributed by atoms with E-state index in [-0.39, 0.29) is 53.0 Å². The van der Waals surface area contributed by atoms with E-state index in [1.807, 2.05) is 9.80 Å². The minimum absolute atomic E-state index is 0.